The zero-order chi connectivity index (χ0) is 13.9. The van der Waals surface area contributed by atoms with Gasteiger partial charge in [0.25, 0.3) is 0 Å². The van der Waals surface area contributed by atoms with Crippen molar-refractivity contribution in [1.82, 2.24) is 10.2 Å². The van der Waals surface area contributed by atoms with Crippen molar-refractivity contribution in [2.75, 3.05) is 11.6 Å². The van der Waals surface area contributed by atoms with E-state index in [1.54, 1.807) is 18.2 Å². The van der Waals surface area contributed by atoms with Gasteiger partial charge in [0.05, 0.1) is 16.7 Å². The number of nitrogens with one attached hydrogen (secondary N) is 1. The number of anilines is 2. The first kappa shape index (κ1) is 13.0. The summed E-state index contributed by atoms with van der Waals surface area (Å²) < 4.78 is 22.6. The van der Waals surface area contributed by atoms with Gasteiger partial charge in [-0.15, -0.1) is 5.10 Å². The molecule has 2 rings (SSSR count). The number of rotatable bonds is 3. The van der Waals surface area contributed by atoms with Crippen LogP contribution in [0.15, 0.2) is 41.4 Å². The van der Waals surface area contributed by atoms with Gasteiger partial charge in [-0.25, -0.2) is 8.42 Å². The lowest BCUT2D eigenvalue weighted by Gasteiger charge is -2.06. The van der Waals surface area contributed by atoms with Crippen LogP contribution in [0.25, 0.3) is 0 Å². The van der Waals surface area contributed by atoms with Gasteiger partial charge >= 0.3 is 0 Å². The third-order valence-corrected chi connectivity index (χ3v) is 3.51. The molecule has 1 heterocycles. The minimum atomic E-state index is -3.21. The summed E-state index contributed by atoms with van der Waals surface area (Å²) in [5.74, 6) is 0.331. The Morgan fingerprint density at radius 1 is 1.21 bits per heavy atom. The largest absolute Gasteiger partial charge is 0.338 e. The molecule has 0 saturated carbocycles. The van der Waals surface area contributed by atoms with E-state index in [1.807, 2.05) is 6.07 Å². The highest BCUT2D eigenvalue weighted by Gasteiger charge is 2.07. The highest BCUT2D eigenvalue weighted by molar-refractivity contribution is 7.90. The van der Waals surface area contributed by atoms with Crippen LogP contribution in [0.1, 0.15) is 5.56 Å². The number of nitrogens with zero attached hydrogens (tertiary/aromatic N) is 3. The Morgan fingerprint density at radius 3 is 2.47 bits per heavy atom. The summed E-state index contributed by atoms with van der Waals surface area (Å²) >= 11 is 0. The van der Waals surface area contributed by atoms with Crippen LogP contribution in [0.5, 0.6) is 0 Å². The topological polar surface area (TPSA) is 95.7 Å². The number of hydrogen-bond donors (Lipinski definition) is 1. The van der Waals surface area contributed by atoms with Crippen molar-refractivity contribution in [3.05, 3.63) is 42.1 Å². The molecule has 0 radical (unpaired) electrons. The molecule has 0 fully saturated rings. The Bertz CT molecular complexity index is 733. The molecule has 0 spiro atoms. The highest BCUT2D eigenvalue weighted by Crippen LogP contribution is 2.19. The van der Waals surface area contributed by atoms with Crippen molar-refractivity contribution in [2.45, 2.75) is 4.90 Å². The Kier molecular flexibility index (Phi) is 3.44. The van der Waals surface area contributed by atoms with E-state index in [0.29, 0.717) is 17.1 Å². The zero-order valence-corrected chi connectivity index (χ0v) is 10.8. The monoisotopic (exact) mass is 274 g/mol. The van der Waals surface area contributed by atoms with Crippen molar-refractivity contribution in [3.8, 4) is 6.07 Å². The fraction of sp³-hybridized carbons (Fsp3) is 0.0833. The molecule has 0 amide bonds. The number of sulfone groups is 1. The second-order valence-corrected chi connectivity index (χ2v) is 5.84. The maximum absolute atomic E-state index is 11.3. The van der Waals surface area contributed by atoms with Gasteiger partial charge in [0, 0.05) is 11.9 Å². The number of nitriles is 1. The average Bonchev–Trinajstić information content (AvgIpc) is 2.39. The smallest absolute Gasteiger partial charge is 0.175 e. The molecule has 1 aromatic heterocycles. The summed E-state index contributed by atoms with van der Waals surface area (Å²) in [6.45, 7) is 0. The molecular formula is C12H10N4O2S. The molecule has 0 atom stereocenters. The van der Waals surface area contributed by atoms with Crippen LogP contribution in [-0.4, -0.2) is 24.9 Å². The van der Waals surface area contributed by atoms with E-state index in [2.05, 4.69) is 15.5 Å². The molecule has 0 aliphatic heterocycles. The fourth-order valence-electron chi connectivity index (χ4n) is 1.44. The summed E-state index contributed by atoms with van der Waals surface area (Å²) in [4.78, 5) is 0.234. The first-order valence-electron chi connectivity index (χ1n) is 5.29. The van der Waals surface area contributed by atoms with Gasteiger partial charge in [0.2, 0.25) is 0 Å². The molecular weight excluding hydrogens is 264 g/mol. The Labute approximate surface area is 110 Å². The van der Waals surface area contributed by atoms with Crippen LogP contribution in [0.2, 0.25) is 0 Å². The summed E-state index contributed by atoms with van der Waals surface area (Å²) in [5, 5.41) is 19.3. The predicted molar refractivity (Wildman–Crippen MR) is 69.6 cm³/mol. The summed E-state index contributed by atoms with van der Waals surface area (Å²) in [6.07, 6.45) is 2.57. The van der Waals surface area contributed by atoms with Crippen molar-refractivity contribution >= 4 is 21.3 Å². The van der Waals surface area contributed by atoms with Crippen LogP contribution in [0.3, 0.4) is 0 Å². The number of hydrogen-bond acceptors (Lipinski definition) is 6. The Hall–Kier alpha value is -2.46. The Morgan fingerprint density at radius 2 is 1.89 bits per heavy atom. The normalized spacial score (nSPS) is 10.7. The SMILES string of the molecule is CS(=O)(=O)c1ccc(Nc2nnccc2C#N)cc1. The van der Waals surface area contributed by atoms with Gasteiger partial charge in [-0.2, -0.15) is 10.4 Å². The minimum Gasteiger partial charge on any atom is -0.338 e. The van der Waals surface area contributed by atoms with E-state index in [9.17, 15) is 8.42 Å². The van der Waals surface area contributed by atoms with E-state index in [0.717, 1.165) is 6.26 Å². The van der Waals surface area contributed by atoms with E-state index in [4.69, 9.17) is 5.26 Å². The lowest BCUT2D eigenvalue weighted by atomic mass is 10.3. The molecule has 19 heavy (non-hydrogen) atoms. The molecule has 6 nitrogen and oxygen atoms in total. The van der Waals surface area contributed by atoms with Crippen LogP contribution in [-0.2, 0) is 9.84 Å². The van der Waals surface area contributed by atoms with Gasteiger partial charge in [-0.05, 0) is 30.3 Å². The lowest BCUT2D eigenvalue weighted by Crippen LogP contribution is -2.00. The summed E-state index contributed by atoms with van der Waals surface area (Å²) in [6, 6.07) is 9.71. The zero-order valence-electron chi connectivity index (χ0n) is 10.0. The molecule has 96 valence electrons. The molecule has 0 bridgehead atoms. The maximum Gasteiger partial charge on any atom is 0.175 e. The fourth-order valence-corrected chi connectivity index (χ4v) is 2.07. The third kappa shape index (κ3) is 3.05. The first-order valence-corrected chi connectivity index (χ1v) is 7.19. The minimum absolute atomic E-state index is 0.234. The van der Waals surface area contributed by atoms with Crippen molar-refractivity contribution in [1.29, 1.82) is 5.26 Å². The van der Waals surface area contributed by atoms with Gasteiger partial charge in [-0.1, -0.05) is 0 Å². The summed E-state index contributed by atoms with van der Waals surface area (Å²) in [5.41, 5.74) is 0.992. The molecule has 7 heteroatoms. The van der Waals surface area contributed by atoms with Gasteiger partial charge < -0.3 is 5.32 Å². The molecule has 0 aliphatic rings. The standard InChI is InChI=1S/C12H10N4O2S/c1-19(17,18)11-4-2-10(3-5-11)15-12-9(8-13)6-7-14-16-12/h2-7H,1H3,(H,15,16). The predicted octanol–water partition coefficient (Wildman–Crippen LogP) is 1.50. The summed E-state index contributed by atoms with van der Waals surface area (Å²) in [7, 11) is -3.21. The molecule has 0 saturated heterocycles. The first-order chi connectivity index (χ1) is 9.00. The van der Waals surface area contributed by atoms with Crippen LogP contribution >= 0.6 is 0 Å². The van der Waals surface area contributed by atoms with Gasteiger partial charge in [0.15, 0.2) is 15.7 Å². The van der Waals surface area contributed by atoms with Crippen molar-refractivity contribution in [2.24, 2.45) is 0 Å². The number of aromatic nitrogens is 2. The lowest BCUT2D eigenvalue weighted by molar-refractivity contribution is 0.602. The van der Waals surface area contributed by atoms with Gasteiger partial charge in [0.1, 0.15) is 6.07 Å². The quantitative estimate of drug-likeness (QED) is 0.911. The van der Waals surface area contributed by atoms with E-state index in [-0.39, 0.29) is 4.90 Å². The van der Waals surface area contributed by atoms with Crippen LogP contribution in [0.4, 0.5) is 11.5 Å². The van der Waals surface area contributed by atoms with Crippen LogP contribution in [0, 0.1) is 11.3 Å². The molecule has 1 N–H and O–H groups in total. The second-order valence-electron chi connectivity index (χ2n) is 3.83. The average molecular weight is 274 g/mol. The number of benzene rings is 1. The Balaban J connectivity index is 2.28. The second kappa shape index (κ2) is 5.04. The molecule has 0 unspecified atom stereocenters. The van der Waals surface area contributed by atoms with Gasteiger partial charge in [-0.3, -0.25) is 0 Å². The van der Waals surface area contributed by atoms with E-state index in [1.165, 1.54) is 18.3 Å². The van der Waals surface area contributed by atoms with Crippen LogP contribution < -0.4 is 5.32 Å². The van der Waals surface area contributed by atoms with Crippen molar-refractivity contribution < 1.29 is 8.42 Å². The molecule has 1 aromatic carbocycles. The van der Waals surface area contributed by atoms with Crippen molar-refractivity contribution in [3.63, 3.8) is 0 Å². The third-order valence-electron chi connectivity index (χ3n) is 2.39. The van der Waals surface area contributed by atoms with E-state index < -0.39 is 9.84 Å². The maximum atomic E-state index is 11.3. The van der Waals surface area contributed by atoms with E-state index >= 15 is 0 Å². The molecule has 0 aliphatic carbocycles. The molecule has 2 aromatic rings. The highest BCUT2D eigenvalue weighted by atomic mass is 32.2.